The molecule has 5 heterocycles. The van der Waals surface area contributed by atoms with Gasteiger partial charge >= 0.3 is 0 Å². The molecule has 142 valence electrons. The van der Waals surface area contributed by atoms with Crippen LogP contribution in [0.25, 0.3) is 27.9 Å². The Morgan fingerprint density at radius 2 is 2.07 bits per heavy atom. The summed E-state index contributed by atoms with van der Waals surface area (Å²) in [4.78, 5) is 15.8. The maximum absolute atomic E-state index is 14.4. The second-order valence-corrected chi connectivity index (χ2v) is 7.35. The third-order valence-electron chi connectivity index (χ3n) is 5.41. The number of fused-ring (bicyclic) bond motifs is 2. The van der Waals surface area contributed by atoms with E-state index in [1.54, 1.807) is 4.40 Å². The molecule has 6 nitrogen and oxygen atoms in total. The summed E-state index contributed by atoms with van der Waals surface area (Å²) in [5, 5.41) is 4.31. The van der Waals surface area contributed by atoms with Crippen LogP contribution in [0.3, 0.4) is 0 Å². The van der Waals surface area contributed by atoms with Crippen molar-refractivity contribution in [2.24, 2.45) is 0 Å². The van der Waals surface area contributed by atoms with Crippen molar-refractivity contribution < 1.29 is 4.39 Å². The average molecular weight is 376 g/mol. The average Bonchev–Trinajstić information content (AvgIpc) is 3.33. The zero-order valence-corrected chi connectivity index (χ0v) is 15.9. The van der Waals surface area contributed by atoms with Crippen molar-refractivity contribution in [2.75, 3.05) is 25.0 Å². The fourth-order valence-electron chi connectivity index (χ4n) is 3.88. The number of imidazole rings is 1. The summed E-state index contributed by atoms with van der Waals surface area (Å²) < 4.78 is 16.1. The van der Waals surface area contributed by atoms with Gasteiger partial charge in [-0.2, -0.15) is 0 Å². The first-order valence-corrected chi connectivity index (χ1v) is 9.45. The van der Waals surface area contributed by atoms with Crippen LogP contribution < -0.4 is 10.2 Å². The zero-order valence-electron chi connectivity index (χ0n) is 15.9. The van der Waals surface area contributed by atoms with E-state index in [0.717, 1.165) is 36.3 Å². The number of rotatable bonds is 3. The van der Waals surface area contributed by atoms with Crippen LogP contribution in [-0.2, 0) is 0 Å². The Balaban J connectivity index is 1.51. The summed E-state index contributed by atoms with van der Waals surface area (Å²) in [5.41, 5.74) is 4.27. The van der Waals surface area contributed by atoms with Crippen LogP contribution in [0, 0.1) is 12.7 Å². The molecule has 0 bridgehead atoms. The van der Waals surface area contributed by atoms with Crippen LogP contribution in [0.5, 0.6) is 0 Å². The van der Waals surface area contributed by atoms with E-state index in [4.69, 9.17) is 0 Å². The predicted octanol–water partition coefficient (Wildman–Crippen LogP) is 3.19. The molecule has 0 spiro atoms. The number of halogens is 1. The minimum Gasteiger partial charge on any atom is -0.369 e. The van der Waals surface area contributed by atoms with Gasteiger partial charge < -0.3 is 14.6 Å². The van der Waals surface area contributed by atoms with Gasteiger partial charge in [-0.1, -0.05) is 0 Å². The second-order valence-electron chi connectivity index (χ2n) is 7.35. The quantitative estimate of drug-likeness (QED) is 0.595. The molecule has 4 aromatic heterocycles. The number of aromatic nitrogens is 4. The van der Waals surface area contributed by atoms with Crippen LogP contribution in [0.4, 0.5) is 10.1 Å². The number of nitrogens with zero attached hydrogens (tertiary/aromatic N) is 5. The number of pyridine rings is 3. The zero-order chi connectivity index (χ0) is 19.3. The van der Waals surface area contributed by atoms with E-state index in [-0.39, 0.29) is 5.82 Å². The standard InChI is InChI=1S/C21H21FN6/c1-13-10-28-11-15(8-18(22)21(28)25-13)19-4-3-14-7-17(9-24-20(14)26-19)27-6-5-16(12-27)23-2/h3-4,7-11,16,23H,5-6,12H2,1-2H3/t16-/m1/s1. The topological polar surface area (TPSA) is 58.3 Å². The van der Waals surface area contributed by atoms with Gasteiger partial charge in [0.25, 0.3) is 0 Å². The van der Waals surface area contributed by atoms with Crippen molar-refractivity contribution in [1.82, 2.24) is 24.7 Å². The number of anilines is 1. The molecule has 0 radical (unpaired) electrons. The lowest BCUT2D eigenvalue weighted by Crippen LogP contribution is -2.29. The van der Waals surface area contributed by atoms with Crippen molar-refractivity contribution in [3.8, 4) is 11.3 Å². The molecule has 0 aliphatic carbocycles. The van der Waals surface area contributed by atoms with E-state index in [9.17, 15) is 4.39 Å². The highest BCUT2D eigenvalue weighted by molar-refractivity contribution is 5.81. The lowest BCUT2D eigenvalue weighted by molar-refractivity contribution is 0.617. The van der Waals surface area contributed by atoms with E-state index >= 15 is 0 Å². The molecule has 28 heavy (non-hydrogen) atoms. The molecule has 1 aliphatic rings. The number of hydrogen-bond acceptors (Lipinski definition) is 5. The van der Waals surface area contributed by atoms with Gasteiger partial charge in [0.15, 0.2) is 17.1 Å². The van der Waals surface area contributed by atoms with Gasteiger partial charge in [0.2, 0.25) is 0 Å². The third-order valence-corrected chi connectivity index (χ3v) is 5.41. The monoisotopic (exact) mass is 376 g/mol. The molecule has 1 atom stereocenters. The van der Waals surface area contributed by atoms with E-state index in [0.29, 0.717) is 28.6 Å². The summed E-state index contributed by atoms with van der Waals surface area (Å²) in [6.45, 7) is 3.85. The Morgan fingerprint density at radius 3 is 2.89 bits per heavy atom. The predicted molar refractivity (Wildman–Crippen MR) is 108 cm³/mol. The van der Waals surface area contributed by atoms with Crippen molar-refractivity contribution in [3.05, 3.63) is 54.4 Å². The highest BCUT2D eigenvalue weighted by Gasteiger charge is 2.21. The highest BCUT2D eigenvalue weighted by Crippen LogP contribution is 2.26. The Bertz CT molecular complexity index is 1180. The first-order chi connectivity index (χ1) is 13.6. The molecule has 1 fully saturated rings. The summed E-state index contributed by atoms with van der Waals surface area (Å²) in [6.07, 6.45) is 6.67. The van der Waals surface area contributed by atoms with Crippen molar-refractivity contribution >= 4 is 22.4 Å². The van der Waals surface area contributed by atoms with Crippen LogP contribution >= 0.6 is 0 Å². The van der Waals surface area contributed by atoms with Gasteiger partial charge in [0.1, 0.15) is 0 Å². The third kappa shape index (κ3) is 2.88. The molecular weight excluding hydrogens is 355 g/mol. The Hall–Kier alpha value is -3.06. The number of hydrogen-bond donors (Lipinski definition) is 1. The van der Waals surface area contributed by atoms with Crippen LogP contribution in [-0.4, -0.2) is 45.5 Å². The molecular formula is C21H21FN6. The van der Waals surface area contributed by atoms with E-state index in [1.165, 1.54) is 6.07 Å². The first kappa shape index (κ1) is 17.1. The van der Waals surface area contributed by atoms with E-state index < -0.39 is 0 Å². The summed E-state index contributed by atoms with van der Waals surface area (Å²) in [6, 6.07) is 8.04. The highest BCUT2D eigenvalue weighted by atomic mass is 19.1. The summed E-state index contributed by atoms with van der Waals surface area (Å²) >= 11 is 0. The maximum Gasteiger partial charge on any atom is 0.173 e. The molecule has 1 aliphatic heterocycles. The van der Waals surface area contributed by atoms with Crippen molar-refractivity contribution in [2.45, 2.75) is 19.4 Å². The Morgan fingerprint density at radius 1 is 1.18 bits per heavy atom. The minimum atomic E-state index is -0.357. The lowest BCUT2D eigenvalue weighted by atomic mass is 10.1. The smallest absolute Gasteiger partial charge is 0.173 e. The fraction of sp³-hybridized carbons (Fsp3) is 0.286. The molecule has 4 aromatic rings. The Kier molecular flexibility index (Phi) is 3.98. The largest absolute Gasteiger partial charge is 0.369 e. The van der Waals surface area contributed by atoms with Gasteiger partial charge in [-0.25, -0.2) is 19.3 Å². The Labute approximate surface area is 162 Å². The number of aryl methyl sites for hydroxylation is 1. The second kappa shape index (κ2) is 6.53. The summed E-state index contributed by atoms with van der Waals surface area (Å²) in [5.74, 6) is -0.357. The van der Waals surface area contributed by atoms with E-state index in [1.807, 2.05) is 44.7 Å². The van der Waals surface area contributed by atoms with Gasteiger partial charge in [-0.3, -0.25) is 0 Å². The molecule has 1 saturated heterocycles. The number of nitrogens with one attached hydrogen (secondary N) is 1. The molecule has 0 saturated carbocycles. The van der Waals surface area contributed by atoms with Crippen molar-refractivity contribution in [1.29, 1.82) is 0 Å². The molecule has 0 aromatic carbocycles. The fourth-order valence-corrected chi connectivity index (χ4v) is 3.88. The molecule has 1 N–H and O–H groups in total. The molecule has 0 unspecified atom stereocenters. The SMILES string of the molecule is CN[C@@H]1CCN(c2cnc3nc(-c4cc(F)c5nc(C)cn5c4)ccc3c2)C1. The van der Waals surface area contributed by atoms with Gasteiger partial charge in [0.05, 0.1) is 23.3 Å². The maximum atomic E-state index is 14.4. The normalized spacial score (nSPS) is 17.1. The number of likely N-dealkylation sites (N-methyl/N-ethyl adjacent to an activating group) is 1. The minimum absolute atomic E-state index is 0.329. The van der Waals surface area contributed by atoms with Crippen LogP contribution in [0.1, 0.15) is 12.1 Å². The first-order valence-electron chi connectivity index (χ1n) is 9.45. The lowest BCUT2D eigenvalue weighted by Gasteiger charge is -2.18. The van der Waals surface area contributed by atoms with Gasteiger partial charge in [0, 0.05) is 42.5 Å². The van der Waals surface area contributed by atoms with Crippen LogP contribution in [0.15, 0.2) is 42.9 Å². The van der Waals surface area contributed by atoms with Crippen LogP contribution in [0.2, 0.25) is 0 Å². The molecule has 5 rings (SSSR count). The van der Waals surface area contributed by atoms with Gasteiger partial charge in [-0.05, 0) is 44.7 Å². The van der Waals surface area contributed by atoms with Crippen molar-refractivity contribution in [3.63, 3.8) is 0 Å². The van der Waals surface area contributed by atoms with E-state index in [2.05, 4.69) is 31.2 Å². The summed E-state index contributed by atoms with van der Waals surface area (Å²) in [7, 11) is 2.00. The molecule has 7 heteroatoms. The van der Waals surface area contributed by atoms with Gasteiger partial charge in [-0.15, -0.1) is 0 Å². The molecule has 0 amide bonds.